The molecule has 4 heteroatoms. The van der Waals surface area contributed by atoms with Gasteiger partial charge in [-0.2, -0.15) is 0 Å². The molecule has 3 nitrogen and oxygen atoms in total. The molecule has 0 atom stereocenters. The molecule has 0 aliphatic carbocycles. The van der Waals surface area contributed by atoms with Crippen molar-refractivity contribution >= 4 is 17.3 Å². The van der Waals surface area contributed by atoms with E-state index in [1.807, 2.05) is 23.5 Å². The highest BCUT2D eigenvalue weighted by atomic mass is 32.1. The molecule has 0 radical (unpaired) electrons. The lowest BCUT2D eigenvalue weighted by Crippen LogP contribution is -2.29. The minimum absolute atomic E-state index is 0.273. The number of ether oxygens (including phenoxy) is 1. The minimum Gasteiger partial charge on any atom is -0.465 e. The fraction of sp³-hybridized carbons (Fsp3) is 0.312. The van der Waals surface area contributed by atoms with Gasteiger partial charge in [-0.3, -0.25) is 4.90 Å². The van der Waals surface area contributed by atoms with Gasteiger partial charge >= 0.3 is 5.97 Å². The molecule has 0 unspecified atom stereocenters. The summed E-state index contributed by atoms with van der Waals surface area (Å²) in [5.74, 6) is -0.273. The van der Waals surface area contributed by atoms with Crippen LogP contribution in [0, 0.1) is 0 Å². The molecule has 0 fully saturated rings. The molecule has 0 amide bonds. The molecule has 1 aliphatic rings. The molecular weight excluding hydrogens is 270 g/mol. The van der Waals surface area contributed by atoms with Crippen molar-refractivity contribution in [2.75, 3.05) is 13.7 Å². The van der Waals surface area contributed by atoms with Gasteiger partial charge in [-0.15, -0.1) is 11.3 Å². The first kappa shape index (κ1) is 13.3. The standard InChI is InChI=1S/C16H17NO2S/c1-19-16(18)13-4-2-3-12(9-13)10-17-7-5-15-14(11-17)6-8-20-15/h2-4,6,8-9H,5,7,10-11H2,1H3. The molecule has 3 rings (SSSR count). The van der Waals surface area contributed by atoms with Gasteiger partial charge in [0.25, 0.3) is 0 Å². The fourth-order valence-electron chi connectivity index (χ4n) is 2.61. The van der Waals surface area contributed by atoms with Crippen LogP contribution in [0.15, 0.2) is 35.7 Å². The zero-order valence-corrected chi connectivity index (χ0v) is 12.3. The topological polar surface area (TPSA) is 29.5 Å². The summed E-state index contributed by atoms with van der Waals surface area (Å²) >= 11 is 1.86. The van der Waals surface area contributed by atoms with Crippen molar-refractivity contribution in [3.63, 3.8) is 0 Å². The van der Waals surface area contributed by atoms with Crippen LogP contribution in [0.2, 0.25) is 0 Å². The average molecular weight is 287 g/mol. The number of benzene rings is 1. The molecule has 2 aromatic rings. The summed E-state index contributed by atoms with van der Waals surface area (Å²) < 4.78 is 4.77. The lowest BCUT2D eigenvalue weighted by molar-refractivity contribution is 0.0600. The van der Waals surface area contributed by atoms with Gasteiger partial charge in [0.15, 0.2) is 0 Å². The lowest BCUT2D eigenvalue weighted by Gasteiger charge is -2.26. The van der Waals surface area contributed by atoms with Crippen molar-refractivity contribution in [3.05, 3.63) is 57.3 Å². The van der Waals surface area contributed by atoms with Gasteiger partial charge in [0.2, 0.25) is 0 Å². The van der Waals surface area contributed by atoms with Gasteiger partial charge in [-0.1, -0.05) is 12.1 Å². The fourth-order valence-corrected chi connectivity index (χ4v) is 3.50. The van der Waals surface area contributed by atoms with E-state index in [2.05, 4.69) is 22.4 Å². The molecule has 0 saturated heterocycles. The first-order chi connectivity index (χ1) is 9.76. The summed E-state index contributed by atoms with van der Waals surface area (Å²) in [4.78, 5) is 15.5. The molecule has 0 N–H and O–H groups in total. The highest BCUT2D eigenvalue weighted by molar-refractivity contribution is 7.10. The van der Waals surface area contributed by atoms with Crippen LogP contribution in [-0.4, -0.2) is 24.5 Å². The highest BCUT2D eigenvalue weighted by Gasteiger charge is 2.17. The lowest BCUT2D eigenvalue weighted by atomic mass is 10.1. The third-order valence-corrected chi connectivity index (χ3v) is 4.66. The summed E-state index contributed by atoms with van der Waals surface area (Å²) in [6.45, 7) is 2.96. The second kappa shape index (κ2) is 5.77. The van der Waals surface area contributed by atoms with E-state index in [4.69, 9.17) is 4.74 Å². The number of rotatable bonds is 3. The van der Waals surface area contributed by atoms with Crippen LogP contribution in [0.4, 0.5) is 0 Å². The van der Waals surface area contributed by atoms with Crippen molar-refractivity contribution in [2.45, 2.75) is 19.5 Å². The van der Waals surface area contributed by atoms with E-state index in [-0.39, 0.29) is 5.97 Å². The van der Waals surface area contributed by atoms with Crippen LogP contribution in [0.5, 0.6) is 0 Å². The molecule has 20 heavy (non-hydrogen) atoms. The van der Waals surface area contributed by atoms with Crippen LogP contribution in [0.1, 0.15) is 26.4 Å². The van der Waals surface area contributed by atoms with E-state index >= 15 is 0 Å². The zero-order chi connectivity index (χ0) is 13.9. The third kappa shape index (κ3) is 2.76. The predicted molar refractivity (Wildman–Crippen MR) is 79.9 cm³/mol. The van der Waals surface area contributed by atoms with Crippen LogP contribution in [-0.2, 0) is 24.2 Å². The number of nitrogens with zero attached hydrogens (tertiary/aromatic N) is 1. The third-order valence-electron chi connectivity index (χ3n) is 3.64. The number of hydrogen-bond donors (Lipinski definition) is 0. The van der Waals surface area contributed by atoms with Gasteiger partial charge in [0.1, 0.15) is 0 Å². The van der Waals surface area contributed by atoms with Crippen LogP contribution >= 0.6 is 11.3 Å². The molecule has 0 bridgehead atoms. The Morgan fingerprint density at radius 1 is 1.40 bits per heavy atom. The van der Waals surface area contributed by atoms with Gasteiger partial charge < -0.3 is 4.74 Å². The summed E-state index contributed by atoms with van der Waals surface area (Å²) in [6, 6.07) is 9.92. The van der Waals surface area contributed by atoms with E-state index in [0.717, 1.165) is 31.6 Å². The number of carbonyl (C=O) groups excluding carboxylic acids is 1. The van der Waals surface area contributed by atoms with Crippen LogP contribution in [0.25, 0.3) is 0 Å². The Hall–Kier alpha value is -1.65. The van der Waals surface area contributed by atoms with Gasteiger partial charge in [0.05, 0.1) is 12.7 Å². The second-order valence-corrected chi connectivity index (χ2v) is 6.02. The molecule has 0 spiro atoms. The monoisotopic (exact) mass is 287 g/mol. The number of carbonyl (C=O) groups is 1. The molecule has 2 heterocycles. The van der Waals surface area contributed by atoms with E-state index < -0.39 is 0 Å². The van der Waals surface area contributed by atoms with Crippen molar-refractivity contribution in [1.29, 1.82) is 0 Å². The Morgan fingerprint density at radius 3 is 3.15 bits per heavy atom. The molecule has 1 aliphatic heterocycles. The minimum atomic E-state index is -0.273. The molecular formula is C16H17NO2S. The largest absolute Gasteiger partial charge is 0.465 e. The van der Waals surface area contributed by atoms with E-state index in [1.165, 1.54) is 17.6 Å². The van der Waals surface area contributed by atoms with Crippen LogP contribution in [0.3, 0.4) is 0 Å². The Morgan fingerprint density at radius 2 is 2.30 bits per heavy atom. The first-order valence-corrected chi connectivity index (χ1v) is 7.59. The summed E-state index contributed by atoms with van der Waals surface area (Å²) in [7, 11) is 1.41. The van der Waals surface area contributed by atoms with Crippen LogP contribution < -0.4 is 0 Å². The summed E-state index contributed by atoms with van der Waals surface area (Å²) in [6.07, 6.45) is 1.13. The maximum atomic E-state index is 11.6. The smallest absolute Gasteiger partial charge is 0.337 e. The van der Waals surface area contributed by atoms with Gasteiger partial charge in [-0.05, 0) is 41.1 Å². The average Bonchev–Trinajstić information content (AvgIpc) is 2.94. The van der Waals surface area contributed by atoms with Crippen molar-refractivity contribution in [3.8, 4) is 0 Å². The SMILES string of the molecule is COC(=O)c1cccc(CN2CCc3sccc3C2)c1. The Bertz CT molecular complexity index is 620. The molecule has 104 valence electrons. The van der Waals surface area contributed by atoms with E-state index in [1.54, 1.807) is 6.07 Å². The number of esters is 1. The normalized spacial score (nSPS) is 14.8. The maximum Gasteiger partial charge on any atom is 0.337 e. The van der Waals surface area contributed by atoms with Crippen molar-refractivity contribution in [1.82, 2.24) is 4.90 Å². The maximum absolute atomic E-state index is 11.6. The highest BCUT2D eigenvalue weighted by Crippen LogP contribution is 2.25. The zero-order valence-electron chi connectivity index (χ0n) is 11.5. The molecule has 0 saturated carbocycles. The second-order valence-electron chi connectivity index (χ2n) is 5.02. The molecule has 1 aromatic heterocycles. The summed E-state index contributed by atoms with van der Waals surface area (Å²) in [5.41, 5.74) is 3.23. The number of thiophene rings is 1. The Labute approximate surface area is 122 Å². The predicted octanol–water partition coefficient (Wildman–Crippen LogP) is 3.09. The Balaban J connectivity index is 1.71. The molecule has 1 aromatic carbocycles. The van der Waals surface area contributed by atoms with E-state index in [0.29, 0.717) is 5.56 Å². The summed E-state index contributed by atoms with van der Waals surface area (Å²) in [5, 5.41) is 2.17. The Kier molecular flexibility index (Phi) is 3.85. The number of fused-ring (bicyclic) bond motifs is 1. The number of hydrogen-bond acceptors (Lipinski definition) is 4. The quantitative estimate of drug-likeness (QED) is 0.812. The van der Waals surface area contributed by atoms with Gasteiger partial charge in [0, 0.05) is 24.5 Å². The first-order valence-electron chi connectivity index (χ1n) is 6.71. The van der Waals surface area contributed by atoms with Crippen molar-refractivity contribution in [2.24, 2.45) is 0 Å². The van der Waals surface area contributed by atoms with Gasteiger partial charge in [-0.25, -0.2) is 4.79 Å². The van der Waals surface area contributed by atoms with Crippen molar-refractivity contribution < 1.29 is 9.53 Å². The number of methoxy groups -OCH3 is 1. The van der Waals surface area contributed by atoms with E-state index in [9.17, 15) is 4.79 Å².